The molecule has 10 nitrogen and oxygen atoms in total. The van der Waals surface area contributed by atoms with E-state index in [4.69, 9.17) is 4.65 Å². The number of nitro benzene ring substituents is 1. The maximum atomic E-state index is 13.8. The summed E-state index contributed by atoms with van der Waals surface area (Å²) in [6, 6.07) is 18.1. The molecule has 0 unspecified atom stereocenters. The van der Waals surface area contributed by atoms with E-state index in [9.17, 15) is 29.8 Å². The van der Waals surface area contributed by atoms with Gasteiger partial charge in [0.05, 0.1) is 34.2 Å². The Labute approximate surface area is 248 Å². The van der Waals surface area contributed by atoms with Crippen molar-refractivity contribution in [1.82, 2.24) is 4.98 Å². The number of carbonyl (C=O) groups is 2. The number of non-ortho nitro benzene ring substituents is 1. The van der Waals surface area contributed by atoms with Crippen LogP contribution in [0.15, 0.2) is 84.1 Å². The third-order valence-corrected chi connectivity index (χ3v) is 8.65. The summed E-state index contributed by atoms with van der Waals surface area (Å²) in [6.45, 7) is 1.95. The predicted octanol–water partition coefficient (Wildman–Crippen LogP) is 5.04. The second-order valence-electron chi connectivity index (χ2n) is 11.3. The first kappa shape index (κ1) is 28.5. The molecule has 11 heteroatoms. The Kier molecular flexibility index (Phi) is 7.68. The summed E-state index contributed by atoms with van der Waals surface area (Å²) in [5.74, 6) is -2.29. The molecule has 4 atom stereocenters. The monoisotopic (exact) mass is 579 g/mol. The van der Waals surface area contributed by atoms with Gasteiger partial charge in [-0.1, -0.05) is 29.8 Å². The molecule has 2 fully saturated rings. The zero-order valence-electron chi connectivity index (χ0n) is 23.5. The average Bonchev–Trinajstić information content (AvgIpc) is 3.25. The van der Waals surface area contributed by atoms with Gasteiger partial charge in [0.2, 0.25) is 11.8 Å². The molecular weight excluding hydrogens is 549 g/mol. The van der Waals surface area contributed by atoms with E-state index in [0.29, 0.717) is 19.3 Å². The number of phenols is 1. The van der Waals surface area contributed by atoms with Crippen molar-refractivity contribution in [3.63, 3.8) is 0 Å². The van der Waals surface area contributed by atoms with Gasteiger partial charge in [0.25, 0.3) is 5.69 Å². The Balaban J connectivity index is 1.29. The maximum Gasteiger partial charge on any atom is 0.455 e. The van der Waals surface area contributed by atoms with Crippen LogP contribution in [0.3, 0.4) is 0 Å². The first-order valence-corrected chi connectivity index (χ1v) is 14.3. The molecule has 2 amide bonds. The molecule has 2 aliphatic heterocycles. The minimum absolute atomic E-state index is 0.175. The highest BCUT2D eigenvalue weighted by molar-refractivity contribution is 6.43. The van der Waals surface area contributed by atoms with Crippen molar-refractivity contribution in [1.29, 1.82) is 0 Å². The number of rotatable bonds is 7. The lowest BCUT2D eigenvalue weighted by molar-refractivity contribution is -0.384. The average molecular weight is 579 g/mol. The molecule has 0 saturated carbocycles. The van der Waals surface area contributed by atoms with Gasteiger partial charge in [0, 0.05) is 18.3 Å². The number of nitrogens with zero attached hydrogens (tertiary/aromatic N) is 3. The molecule has 2 N–H and O–H groups in total. The number of pyridine rings is 1. The van der Waals surface area contributed by atoms with Crippen molar-refractivity contribution in [2.45, 2.75) is 38.6 Å². The zero-order valence-corrected chi connectivity index (χ0v) is 23.5. The van der Waals surface area contributed by atoms with Gasteiger partial charge in [-0.15, -0.1) is 0 Å². The number of allylic oxidation sites excluding steroid dienone is 2. The summed E-state index contributed by atoms with van der Waals surface area (Å²) in [4.78, 5) is 43.8. The molecular formula is C32H30BN3O7. The lowest BCUT2D eigenvalue weighted by Gasteiger charge is -2.42. The number of aromatic hydroxyl groups is 1. The van der Waals surface area contributed by atoms with Crippen LogP contribution >= 0.6 is 0 Å². The minimum atomic E-state index is -1.11. The van der Waals surface area contributed by atoms with E-state index in [2.05, 4.69) is 4.98 Å². The largest absolute Gasteiger partial charge is 0.508 e. The molecule has 1 aliphatic carbocycles. The number of hydrogen-bond acceptors (Lipinski definition) is 8. The summed E-state index contributed by atoms with van der Waals surface area (Å²) in [5.41, 5.74) is 4.53. The summed E-state index contributed by atoms with van der Waals surface area (Å²) in [5, 5.41) is 31.9. The lowest BCUT2D eigenvalue weighted by atomic mass is 9.58. The highest BCUT2D eigenvalue weighted by Gasteiger charge is 2.57. The zero-order chi connectivity index (χ0) is 30.2. The van der Waals surface area contributed by atoms with Crippen molar-refractivity contribution >= 4 is 42.0 Å². The van der Waals surface area contributed by atoms with E-state index in [1.165, 1.54) is 24.3 Å². The highest BCUT2D eigenvalue weighted by Crippen LogP contribution is 2.51. The van der Waals surface area contributed by atoms with Crippen LogP contribution in [0.1, 0.15) is 37.4 Å². The predicted molar refractivity (Wildman–Crippen MR) is 160 cm³/mol. The molecule has 1 aromatic heterocycles. The molecule has 3 aromatic rings. The Morgan fingerprint density at radius 2 is 1.91 bits per heavy atom. The second kappa shape index (κ2) is 11.6. The molecule has 0 spiro atoms. The first-order valence-electron chi connectivity index (χ1n) is 14.3. The summed E-state index contributed by atoms with van der Waals surface area (Å²) in [7, 11) is -1.11. The fraction of sp³-hybridized carbons (Fsp3) is 0.281. The van der Waals surface area contributed by atoms with Crippen LogP contribution in [0.5, 0.6) is 5.75 Å². The number of nitro groups is 1. The second-order valence-corrected chi connectivity index (χ2v) is 11.3. The normalized spacial score (nSPS) is 23.8. The molecule has 3 aliphatic rings. The van der Waals surface area contributed by atoms with E-state index in [0.717, 1.165) is 32.9 Å². The van der Waals surface area contributed by atoms with Gasteiger partial charge in [0.1, 0.15) is 5.75 Å². The van der Waals surface area contributed by atoms with E-state index < -0.39 is 41.8 Å². The van der Waals surface area contributed by atoms with Crippen molar-refractivity contribution < 1.29 is 29.3 Å². The Bertz CT molecular complexity index is 1640. The number of carbonyl (C=O) groups excluding carboxylic acids is 2. The van der Waals surface area contributed by atoms with Crippen molar-refractivity contribution in [2.24, 2.45) is 17.8 Å². The molecule has 6 rings (SSSR count). The number of amides is 2. The number of hydrogen-bond donors (Lipinski definition) is 2. The number of aromatic nitrogens is 1. The van der Waals surface area contributed by atoms with E-state index in [1.54, 1.807) is 18.3 Å². The SMILES string of the molecule is CC1=C2[C@@H](CC/C(=C/c3ccc(O)cc3)c3ccccn3)OB(O)C[C@@H]2[C@@H]2C(=O)N(c3cccc([N+](=O)[O-])c3)C(=O)[C@@H]2C1. The third kappa shape index (κ3) is 5.49. The van der Waals surface area contributed by atoms with E-state index >= 15 is 0 Å². The summed E-state index contributed by atoms with van der Waals surface area (Å²) >= 11 is 0. The van der Waals surface area contributed by atoms with Gasteiger partial charge in [-0.05, 0) is 91.5 Å². The van der Waals surface area contributed by atoms with Gasteiger partial charge in [-0.2, -0.15) is 0 Å². The van der Waals surface area contributed by atoms with E-state index in [-0.39, 0.29) is 29.4 Å². The third-order valence-electron chi connectivity index (χ3n) is 8.65. The van der Waals surface area contributed by atoms with Crippen LogP contribution in [-0.4, -0.2) is 45.1 Å². The topological polar surface area (TPSA) is 143 Å². The number of anilines is 1. The quantitative estimate of drug-likeness (QED) is 0.130. The van der Waals surface area contributed by atoms with Gasteiger partial charge in [-0.3, -0.25) is 24.7 Å². The summed E-state index contributed by atoms with van der Waals surface area (Å²) < 4.78 is 6.07. The Hall–Kier alpha value is -4.61. The fourth-order valence-electron chi connectivity index (χ4n) is 6.81. The van der Waals surface area contributed by atoms with Crippen LogP contribution in [-0.2, 0) is 14.2 Å². The van der Waals surface area contributed by atoms with E-state index in [1.807, 2.05) is 43.3 Å². The molecule has 0 radical (unpaired) electrons. The van der Waals surface area contributed by atoms with Crippen LogP contribution in [0.4, 0.5) is 11.4 Å². The fourth-order valence-corrected chi connectivity index (χ4v) is 6.81. The number of imide groups is 1. The standard InChI is InChI=1S/C32H30BN3O7/c1-19-15-25-30(32(39)35(31(25)38)22-5-4-6-23(17-22)36(41)42)26-18-33(40)43-28(29(19)26)13-10-21(27-7-2-3-14-34-27)16-20-8-11-24(37)12-9-20/h2-9,11-12,14,16-17,25-26,28,30,37,40H,10,13,15,18H2,1H3/b21-16-/t25-,26+,28-,30-/m1/s1. The molecule has 218 valence electrons. The molecule has 3 heterocycles. The van der Waals surface area contributed by atoms with Gasteiger partial charge in [0.15, 0.2) is 0 Å². The molecule has 0 bridgehead atoms. The number of phenolic OH excluding ortho intramolecular Hbond substituents is 1. The van der Waals surface area contributed by atoms with Crippen LogP contribution in [0.25, 0.3) is 11.6 Å². The van der Waals surface area contributed by atoms with Crippen molar-refractivity contribution in [3.8, 4) is 5.75 Å². The molecule has 2 aromatic carbocycles. The first-order chi connectivity index (χ1) is 20.7. The van der Waals surface area contributed by atoms with Gasteiger partial charge in [-0.25, -0.2) is 4.90 Å². The highest BCUT2D eigenvalue weighted by atomic mass is 16.6. The number of benzene rings is 2. The van der Waals surface area contributed by atoms with Crippen molar-refractivity contribution in [2.75, 3.05) is 4.90 Å². The smallest absolute Gasteiger partial charge is 0.455 e. The summed E-state index contributed by atoms with van der Waals surface area (Å²) in [6.07, 6.45) is 4.87. The maximum absolute atomic E-state index is 13.8. The molecule has 2 saturated heterocycles. The van der Waals surface area contributed by atoms with Crippen LogP contribution in [0.2, 0.25) is 6.32 Å². The van der Waals surface area contributed by atoms with Gasteiger partial charge < -0.3 is 14.8 Å². The Morgan fingerprint density at radius 1 is 1.12 bits per heavy atom. The van der Waals surface area contributed by atoms with Gasteiger partial charge >= 0.3 is 7.12 Å². The van der Waals surface area contributed by atoms with Crippen molar-refractivity contribution in [3.05, 3.63) is 105 Å². The lowest BCUT2D eigenvalue weighted by Crippen LogP contribution is -2.46. The Morgan fingerprint density at radius 3 is 2.63 bits per heavy atom. The number of fused-ring (bicyclic) bond motifs is 3. The molecule has 43 heavy (non-hydrogen) atoms. The minimum Gasteiger partial charge on any atom is -0.508 e. The van der Waals surface area contributed by atoms with Crippen LogP contribution < -0.4 is 4.90 Å². The van der Waals surface area contributed by atoms with Crippen LogP contribution in [0, 0.1) is 27.9 Å².